The summed E-state index contributed by atoms with van der Waals surface area (Å²) < 4.78 is 9.30. The lowest BCUT2D eigenvalue weighted by atomic mass is 9.68. The lowest BCUT2D eigenvalue weighted by molar-refractivity contribution is 0.673. The number of fused-ring (bicyclic) bond motifs is 17. The van der Waals surface area contributed by atoms with Crippen LogP contribution in [-0.2, 0) is 5.41 Å². The molecule has 0 atom stereocenters. The highest BCUT2D eigenvalue weighted by Gasteiger charge is 2.45. The topological polar surface area (TPSA) is 16.4 Å². The van der Waals surface area contributed by atoms with Crippen LogP contribution >= 0.6 is 11.3 Å². The van der Waals surface area contributed by atoms with Crippen molar-refractivity contribution in [2.45, 2.75) is 5.41 Å². The van der Waals surface area contributed by atoms with E-state index >= 15 is 0 Å². The summed E-state index contributed by atoms with van der Waals surface area (Å²) in [4.78, 5) is 2.44. The standard InChI is InChI=1S/C65H39NOS/c1-2-12-44(13-3-1)65(57-18-8-4-14-51(57)52-15-5-9-19-58(52)65)45-28-30-46(31-29-45)66(47-32-36-49-42(38-47)24-22-40-26-34-55-53-16-6-10-20-59(53)67-63(55)61(40)49)48-33-37-50-43(39-48)25-23-41-27-35-56-54-17-7-11-21-60(54)68-64(56)62(41)50/h1-39H. The molecule has 0 aliphatic heterocycles. The average molecular weight is 882 g/mol. The van der Waals surface area contributed by atoms with E-state index < -0.39 is 5.41 Å². The molecule has 0 spiro atoms. The van der Waals surface area contributed by atoms with E-state index in [1.165, 1.54) is 85.9 Å². The van der Waals surface area contributed by atoms with Crippen molar-refractivity contribution < 1.29 is 4.42 Å². The van der Waals surface area contributed by atoms with Crippen LogP contribution in [0.15, 0.2) is 241 Å². The van der Waals surface area contributed by atoms with Gasteiger partial charge in [0.2, 0.25) is 0 Å². The van der Waals surface area contributed by atoms with Gasteiger partial charge in [-0.2, -0.15) is 0 Å². The largest absolute Gasteiger partial charge is 0.455 e. The second-order valence-electron chi connectivity index (χ2n) is 18.3. The first-order valence-electron chi connectivity index (χ1n) is 23.4. The second kappa shape index (κ2) is 14.3. The Morgan fingerprint density at radius 2 is 0.868 bits per heavy atom. The second-order valence-corrected chi connectivity index (χ2v) is 19.4. The van der Waals surface area contributed by atoms with Crippen LogP contribution in [0.4, 0.5) is 17.1 Å². The molecule has 1 aliphatic carbocycles. The molecule has 0 N–H and O–H groups in total. The van der Waals surface area contributed by atoms with E-state index in [1.54, 1.807) is 0 Å². The van der Waals surface area contributed by atoms with Crippen molar-refractivity contribution >= 4 is 114 Å². The fourth-order valence-corrected chi connectivity index (χ4v) is 13.2. The van der Waals surface area contributed by atoms with Crippen LogP contribution in [0.2, 0.25) is 0 Å². The highest BCUT2D eigenvalue weighted by Crippen LogP contribution is 2.56. The SMILES string of the molecule is c1ccc(C2(c3ccc(N(c4ccc5c(ccc6ccc7c8ccccc8oc7c65)c4)c4ccc5c(ccc6ccc7c8ccccc8sc7c65)c4)cc3)c3ccccc3-c3ccccc32)cc1. The van der Waals surface area contributed by atoms with Crippen molar-refractivity contribution in [1.82, 2.24) is 0 Å². The zero-order valence-corrected chi connectivity index (χ0v) is 37.6. The van der Waals surface area contributed by atoms with Crippen LogP contribution in [0.3, 0.4) is 0 Å². The number of hydrogen-bond donors (Lipinski definition) is 0. The van der Waals surface area contributed by atoms with Crippen molar-refractivity contribution in [1.29, 1.82) is 0 Å². The molecular weight excluding hydrogens is 843 g/mol. The van der Waals surface area contributed by atoms with E-state index in [9.17, 15) is 0 Å². The van der Waals surface area contributed by atoms with Crippen molar-refractivity contribution in [2.75, 3.05) is 4.90 Å². The van der Waals surface area contributed by atoms with Crippen LogP contribution in [0, 0.1) is 0 Å². The number of rotatable bonds is 5. The van der Waals surface area contributed by atoms with Crippen LogP contribution in [0.25, 0.3) is 96.3 Å². The molecular formula is C65H39NOS. The Morgan fingerprint density at radius 1 is 0.353 bits per heavy atom. The van der Waals surface area contributed by atoms with Gasteiger partial charge in [-0.15, -0.1) is 11.3 Å². The van der Waals surface area contributed by atoms with Gasteiger partial charge in [-0.25, -0.2) is 0 Å². The number of nitrogens with zero attached hydrogens (tertiary/aromatic N) is 1. The summed E-state index contributed by atoms with van der Waals surface area (Å²) in [5, 5.41) is 14.6. The van der Waals surface area contributed by atoms with Gasteiger partial charge in [0.1, 0.15) is 11.2 Å². The van der Waals surface area contributed by atoms with Gasteiger partial charge < -0.3 is 9.32 Å². The number of para-hydroxylation sites is 1. The number of anilines is 3. The van der Waals surface area contributed by atoms with Gasteiger partial charge in [-0.1, -0.05) is 182 Å². The third kappa shape index (κ3) is 5.22. The lowest BCUT2D eigenvalue weighted by Crippen LogP contribution is -2.28. The quantitative estimate of drug-likeness (QED) is 0.160. The molecule has 0 radical (unpaired) electrons. The van der Waals surface area contributed by atoms with Crippen LogP contribution in [-0.4, -0.2) is 0 Å². The zero-order valence-electron chi connectivity index (χ0n) is 36.8. The van der Waals surface area contributed by atoms with E-state index in [0.29, 0.717) is 0 Å². The first-order valence-corrected chi connectivity index (χ1v) is 24.2. The van der Waals surface area contributed by atoms with Gasteiger partial charge >= 0.3 is 0 Å². The van der Waals surface area contributed by atoms with E-state index in [-0.39, 0.29) is 0 Å². The summed E-state index contributed by atoms with van der Waals surface area (Å²) in [7, 11) is 0. The van der Waals surface area contributed by atoms with Crippen molar-refractivity contribution in [2.24, 2.45) is 0 Å². The summed E-state index contributed by atoms with van der Waals surface area (Å²) in [5.74, 6) is 0. The Bertz CT molecular complexity index is 4150. The van der Waals surface area contributed by atoms with Crippen molar-refractivity contribution in [3.05, 3.63) is 259 Å². The summed E-state index contributed by atoms with van der Waals surface area (Å²) in [5.41, 5.74) is 12.3. The molecule has 68 heavy (non-hydrogen) atoms. The Hall–Kier alpha value is -8.50. The van der Waals surface area contributed by atoms with Crippen LogP contribution in [0.1, 0.15) is 22.3 Å². The molecule has 0 bridgehead atoms. The predicted molar refractivity (Wildman–Crippen MR) is 289 cm³/mol. The third-order valence-corrected chi connectivity index (χ3v) is 16.1. The molecule has 0 fully saturated rings. The Balaban J connectivity index is 0.947. The van der Waals surface area contributed by atoms with E-state index in [0.717, 1.165) is 49.8 Å². The molecule has 12 aromatic carbocycles. The minimum atomic E-state index is -0.480. The van der Waals surface area contributed by atoms with E-state index in [4.69, 9.17) is 4.42 Å². The molecule has 2 aromatic heterocycles. The molecule has 14 aromatic rings. The summed E-state index contributed by atoms with van der Waals surface area (Å²) in [6.07, 6.45) is 0. The molecule has 2 nitrogen and oxygen atoms in total. The highest BCUT2D eigenvalue weighted by atomic mass is 32.1. The number of benzene rings is 12. The fourth-order valence-electron chi connectivity index (χ4n) is 11.9. The Morgan fingerprint density at radius 3 is 1.59 bits per heavy atom. The lowest BCUT2D eigenvalue weighted by Gasteiger charge is -2.34. The minimum absolute atomic E-state index is 0.480. The van der Waals surface area contributed by atoms with Gasteiger partial charge in [0.15, 0.2) is 0 Å². The summed E-state index contributed by atoms with van der Waals surface area (Å²) >= 11 is 1.90. The van der Waals surface area contributed by atoms with Gasteiger partial charge in [-0.3, -0.25) is 0 Å². The number of thiophene rings is 1. The molecule has 2 heterocycles. The summed E-state index contributed by atoms with van der Waals surface area (Å²) in [6.45, 7) is 0. The van der Waals surface area contributed by atoms with E-state index in [1.807, 2.05) is 17.4 Å². The molecule has 1 aliphatic rings. The van der Waals surface area contributed by atoms with Gasteiger partial charge in [0.25, 0.3) is 0 Å². The molecule has 15 rings (SSSR count). The monoisotopic (exact) mass is 881 g/mol. The van der Waals surface area contributed by atoms with Crippen molar-refractivity contribution in [3.8, 4) is 11.1 Å². The Labute approximate surface area is 396 Å². The van der Waals surface area contributed by atoms with Crippen LogP contribution in [0.5, 0.6) is 0 Å². The fraction of sp³-hybridized carbons (Fsp3) is 0.0154. The maximum atomic E-state index is 6.63. The maximum Gasteiger partial charge on any atom is 0.143 e. The predicted octanol–water partition coefficient (Wildman–Crippen LogP) is 18.4. The van der Waals surface area contributed by atoms with Gasteiger partial charge in [-0.05, 0) is 120 Å². The minimum Gasteiger partial charge on any atom is -0.455 e. The molecule has 0 unspecified atom stereocenters. The van der Waals surface area contributed by atoms with Gasteiger partial charge in [0.05, 0.1) is 5.41 Å². The molecule has 316 valence electrons. The van der Waals surface area contributed by atoms with Gasteiger partial charge in [0, 0.05) is 58.8 Å². The molecule has 0 saturated heterocycles. The first-order chi connectivity index (χ1) is 33.7. The smallest absolute Gasteiger partial charge is 0.143 e. The molecule has 0 amide bonds. The normalized spacial score (nSPS) is 13.1. The summed E-state index contributed by atoms with van der Waals surface area (Å²) in [6, 6.07) is 87.6. The van der Waals surface area contributed by atoms with Crippen LogP contribution < -0.4 is 4.90 Å². The highest BCUT2D eigenvalue weighted by molar-refractivity contribution is 7.26. The zero-order chi connectivity index (χ0) is 44.5. The third-order valence-electron chi connectivity index (χ3n) is 14.9. The number of furan rings is 1. The molecule has 0 saturated carbocycles. The number of hydrogen-bond acceptors (Lipinski definition) is 3. The molecule has 3 heteroatoms. The maximum absolute atomic E-state index is 6.63. The first kappa shape index (κ1) is 37.7. The average Bonchev–Trinajstić information content (AvgIpc) is 4.08. The van der Waals surface area contributed by atoms with E-state index in [2.05, 4.69) is 235 Å². The Kier molecular flexibility index (Phi) is 7.90. The van der Waals surface area contributed by atoms with Crippen molar-refractivity contribution in [3.63, 3.8) is 0 Å².